The van der Waals surface area contributed by atoms with Gasteiger partial charge in [-0.25, -0.2) is 0 Å². The van der Waals surface area contributed by atoms with Crippen LogP contribution in [0, 0.1) is 27.7 Å². The molecule has 0 unspecified atom stereocenters. The van der Waals surface area contributed by atoms with Crippen molar-refractivity contribution in [1.82, 2.24) is 19.8 Å². The van der Waals surface area contributed by atoms with Gasteiger partial charge in [0.15, 0.2) is 16.6 Å². The summed E-state index contributed by atoms with van der Waals surface area (Å²) < 4.78 is 6.98. The number of nitrogens with zero attached hydrogens (tertiary/aromatic N) is 4. The fraction of sp³-hybridized carbons (Fsp3) is 0.263. The second kappa shape index (κ2) is 6.70. The molecule has 1 amide bonds. The van der Waals surface area contributed by atoms with Gasteiger partial charge in [0.05, 0.1) is 11.3 Å². The summed E-state index contributed by atoms with van der Waals surface area (Å²) in [5.41, 5.74) is 5.39. The SMILES string of the molecule is Cc1cc(C)c2c(c1)c(C)cc1nnc(SCC(=O)Nc3cc(C)on3)n12. The van der Waals surface area contributed by atoms with Gasteiger partial charge in [-0.1, -0.05) is 28.5 Å². The Balaban J connectivity index is 1.66. The lowest BCUT2D eigenvalue weighted by atomic mass is 10.0. The molecular weight excluding hydrogens is 362 g/mol. The average molecular weight is 381 g/mol. The first-order valence-electron chi connectivity index (χ1n) is 8.54. The van der Waals surface area contributed by atoms with Gasteiger partial charge in [0.25, 0.3) is 0 Å². The van der Waals surface area contributed by atoms with Crippen LogP contribution in [-0.4, -0.2) is 31.4 Å². The smallest absolute Gasteiger partial charge is 0.236 e. The third-order valence-electron chi connectivity index (χ3n) is 4.33. The van der Waals surface area contributed by atoms with Crippen LogP contribution in [0.3, 0.4) is 0 Å². The summed E-state index contributed by atoms with van der Waals surface area (Å²) in [5, 5.41) is 16.9. The van der Waals surface area contributed by atoms with Gasteiger partial charge in [0, 0.05) is 11.5 Å². The number of nitrogens with one attached hydrogen (secondary N) is 1. The molecule has 0 aliphatic rings. The summed E-state index contributed by atoms with van der Waals surface area (Å²) in [6.07, 6.45) is 0. The molecule has 1 aromatic carbocycles. The summed E-state index contributed by atoms with van der Waals surface area (Å²) >= 11 is 1.34. The van der Waals surface area contributed by atoms with E-state index in [2.05, 4.69) is 53.6 Å². The van der Waals surface area contributed by atoms with Crippen LogP contribution in [0.4, 0.5) is 5.82 Å². The molecule has 1 N–H and O–H groups in total. The Bertz CT molecular complexity index is 1180. The Morgan fingerprint density at radius 1 is 1.11 bits per heavy atom. The average Bonchev–Trinajstić information content (AvgIpc) is 3.19. The molecule has 138 valence electrons. The van der Waals surface area contributed by atoms with Crippen molar-refractivity contribution in [2.24, 2.45) is 0 Å². The number of amides is 1. The van der Waals surface area contributed by atoms with Crippen LogP contribution < -0.4 is 5.32 Å². The molecule has 0 saturated carbocycles. The molecule has 7 nitrogen and oxygen atoms in total. The van der Waals surface area contributed by atoms with E-state index < -0.39 is 0 Å². The molecule has 3 aromatic heterocycles. The molecule has 0 radical (unpaired) electrons. The predicted octanol–water partition coefficient (Wildman–Crippen LogP) is 3.83. The molecule has 0 aliphatic carbocycles. The highest BCUT2D eigenvalue weighted by molar-refractivity contribution is 7.99. The number of aryl methyl sites for hydroxylation is 4. The minimum atomic E-state index is -0.172. The Labute approximate surface area is 160 Å². The topological polar surface area (TPSA) is 85.3 Å². The van der Waals surface area contributed by atoms with E-state index in [4.69, 9.17) is 4.52 Å². The number of pyridine rings is 1. The molecule has 27 heavy (non-hydrogen) atoms. The maximum Gasteiger partial charge on any atom is 0.236 e. The van der Waals surface area contributed by atoms with Crippen molar-refractivity contribution in [3.8, 4) is 0 Å². The van der Waals surface area contributed by atoms with E-state index >= 15 is 0 Å². The molecule has 3 heterocycles. The maximum absolute atomic E-state index is 12.2. The summed E-state index contributed by atoms with van der Waals surface area (Å²) in [6, 6.07) is 8.02. The lowest BCUT2D eigenvalue weighted by molar-refractivity contribution is -0.113. The van der Waals surface area contributed by atoms with Crippen molar-refractivity contribution in [3.05, 3.63) is 46.7 Å². The summed E-state index contributed by atoms with van der Waals surface area (Å²) in [5.74, 6) is 1.09. The molecule has 8 heteroatoms. The first-order valence-corrected chi connectivity index (χ1v) is 9.52. The van der Waals surface area contributed by atoms with Gasteiger partial charge in [-0.15, -0.1) is 10.2 Å². The van der Waals surface area contributed by atoms with E-state index in [-0.39, 0.29) is 11.7 Å². The van der Waals surface area contributed by atoms with Gasteiger partial charge >= 0.3 is 0 Å². The Kier molecular flexibility index (Phi) is 4.35. The Morgan fingerprint density at radius 2 is 1.93 bits per heavy atom. The number of rotatable bonds is 4. The number of hydrogen-bond acceptors (Lipinski definition) is 6. The lowest BCUT2D eigenvalue weighted by Gasteiger charge is -2.11. The lowest BCUT2D eigenvalue weighted by Crippen LogP contribution is -2.14. The van der Waals surface area contributed by atoms with E-state index in [1.807, 2.05) is 10.5 Å². The minimum absolute atomic E-state index is 0.172. The molecule has 0 bridgehead atoms. The van der Waals surface area contributed by atoms with Crippen molar-refractivity contribution in [2.75, 3.05) is 11.1 Å². The van der Waals surface area contributed by atoms with Gasteiger partial charge in [-0.05, 0) is 51.0 Å². The Morgan fingerprint density at radius 3 is 2.67 bits per heavy atom. The van der Waals surface area contributed by atoms with Crippen LogP contribution in [0.15, 0.2) is 33.9 Å². The quantitative estimate of drug-likeness (QED) is 0.541. The van der Waals surface area contributed by atoms with Crippen LogP contribution in [-0.2, 0) is 4.79 Å². The molecule has 0 fully saturated rings. The molecule has 0 saturated heterocycles. The standard InChI is InChI=1S/C19H19N5O2S/c1-10-5-12(3)18-14(6-10)11(2)7-16-21-22-19(24(16)18)27-9-17(25)20-15-8-13(4)26-23-15/h5-8H,9H2,1-4H3,(H,20,23,25). The molecule has 4 aromatic rings. The number of anilines is 1. The zero-order chi connectivity index (χ0) is 19.1. The minimum Gasteiger partial charge on any atom is -0.360 e. The van der Waals surface area contributed by atoms with E-state index in [1.54, 1.807) is 13.0 Å². The number of benzene rings is 1. The van der Waals surface area contributed by atoms with Crippen molar-refractivity contribution in [1.29, 1.82) is 0 Å². The van der Waals surface area contributed by atoms with Crippen LogP contribution in [0.25, 0.3) is 16.6 Å². The van der Waals surface area contributed by atoms with Gasteiger partial charge in [0.1, 0.15) is 5.76 Å². The van der Waals surface area contributed by atoms with E-state index in [9.17, 15) is 4.79 Å². The first kappa shape index (κ1) is 17.5. The van der Waals surface area contributed by atoms with Crippen LogP contribution >= 0.6 is 11.8 Å². The summed E-state index contributed by atoms with van der Waals surface area (Å²) in [7, 11) is 0. The zero-order valence-electron chi connectivity index (χ0n) is 15.5. The van der Waals surface area contributed by atoms with E-state index in [0.29, 0.717) is 16.7 Å². The fourth-order valence-electron chi connectivity index (χ4n) is 3.24. The summed E-state index contributed by atoms with van der Waals surface area (Å²) in [6.45, 7) is 8.03. The van der Waals surface area contributed by atoms with Crippen LogP contribution in [0.2, 0.25) is 0 Å². The third-order valence-corrected chi connectivity index (χ3v) is 5.25. The van der Waals surface area contributed by atoms with Crippen molar-refractivity contribution < 1.29 is 9.32 Å². The van der Waals surface area contributed by atoms with E-state index in [1.165, 1.54) is 22.7 Å². The number of aromatic nitrogens is 4. The van der Waals surface area contributed by atoms with Crippen molar-refractivity contribution >= 4 is 40.0 Å². The van der Waals surface area contributed by atoms with Gasteiger partial charge in [0.2, 0.25) is 5.91 Å². The highest BCUT2D eigenvalue weighted by atomic mass is 32.2. The van der Waals surface area contributed by atoms with Crippen molar-refractivity contribution in [2.45, 2.75) is 32.9 Å². The zero-order valence-corrected chi connectivity index (χ0v) is 16.3. The second-order valence-electron chi connectivity index (χ2n) is 6.64. The fourth-order valence-corrected chi connectivity index (χ4v) is 3.99. The number of fused-ring (bicyclic) bond motifs is 3. The number of hydrogen-bond donors (Lipinski definition) is 1. The maximum atomic E-state index is 12.2. The van der Waals surface area contributed by atoms with Crippen LogP contribution in [0.5, 0.6) is 0 Å². The number of carbonyl (C=O) groups excluding carboxylic acids is 1. The van der Waals surface area contributed by atoms with Gasteiger partial charge < -0.3 is 9.84 Å². The highest BCUT2D eigenvalue weighted by Gasteiger charge is 2.15. The molecular formula is C19H19N5O2S. The molecule has 4 rings (SSSR count). The van der Waals surface area contributed by atoms with Crippen molar-refractivity contribution in [3.63, 3.8) is 0 Å². The first-order chi connectivity index (χ1) is 12.9. The monoisotopic (exact) mass is 381 g/mol. The normalized spacial score (nSPS) is 11.4. The van der Waals surface area contributed by atoms with Gasteiger partial charge in [-0.2, -0.15) is 0 Å². The Hall–Kier alpha value is -2.87. The largest absolute Gasteiger partial charge is 0.360 e. The predicted molar refractivity (Wildman–Crippen MR) is 105 cm³/mol. The second-order valence-corrected chi connectivity index (χ2v) is 7.58. The van der Waals surface area contributed by atoms with E-state index in [0.717, 1.165) is 22.3 Å². The summed E-state index contributed by atoms with van der Waals surface area (Å²) in [4.78, 5) is 12.2. The third kappa shape index (κ3) is 3.28. The number of thioether (sulfide) groups is 1. The molecule has 0 aliphatic heterocycles. The molecule has 0 atom stereocenters. The van der Waals surface area contributed by atoms with Crippen LogP contribution in [0.1, 0.15) is 22.5 Å². The number of carbonyl (C=O) groups is 1. The molecule has 0 spiro atoms. The van der Waals surface area contributed by atoms with Gasteiger partial charge in [-0.3, -0.25) is 9.20 Å². The highest BCUT2D eigenvalue weighted by Crippen LogP contribution is 2.29.